The van der Waals surface area contributed by atoms with Crippen LogP contribution in [0.3, 0.4) is 0 Å². The zero-order chi connectivity index (χ0) is 21.3. The molecule has 6 rings (SSSR count). The molecular weight excluding hydrogens is 400 g/mol. The van der Waals surface area contributed by atoms with Gasteiger partial charge < -0.3 is 0 Å². The van der Waals surface area contributed by atoms with Crippen molar-refractivity contribution in [1.82, 2.24) is 39.6 Å². The van der Waals surface area contributed by atoms with E-state index in [9.17, 15) is 0 Å². The summed E-state index contributed by atoms with van der Waals surface area (Å²) >= 11 is 0. The third-order valence-corrected chi connectivity index (χ3v) is 5.34. The van der Waals surface area contributed by atoms with Crippen LogP contribution in [0, 0.1) is 0 Å². The van der Waals surface area contributed by atoms with Crippen LogP contribution in [0.5, 0.6) is 0 Å². The highest BCUT2D eigenvalue weighted by atomic mass is 15.4. The van der Waals surface area contributed by atoms with Crippen molar-refractivity contribution >= 4 is 16.7 Å². The fraction of sp³-hybridized carbons (Fsp3) is 0.0833. The molecule has 0 saturated carbocycles. The van der Waals surface area contributed by atoms with Gasteiger partial charge in [-0.3, -0.25) is 9.67 Å². The molecule has 32 heavy (non-hydrogen) atoms. The summed E-state index contributed by atoms with van der Waals surface area (Å²) in [5, 5.41) is 18.8. The highest BCUT2D eigenvalue weighted by Crippen LogP contribution is 2.18. The highest BCUT2D eigenvalue weighted by molar-refractivity contribution is 5.79. The largest absolute Gasteiger partial charge is 0.271 e. The summed E-state index contributed by atoms with van der Waals surface area (Å²) in [6.45, 7) is 0.700. The maximum absolute atomic E-state index is 4.75. The maximum atomic E-state index is 4.75. The molecule has 0 bridgehead atoms. The molecule has 0 radical (unpaired) electrons. The van der Waals surface area contributed by atoms with Crippen LogP contribution in [-0.2, 0) is 13.0 Å². The van der Waals surface area contributed by atoms with Gasteiger partial charge in [-0.05, 0) is 29.3 Å². The third kappa shape index (κ3) is 3.47. The van der Waals surface area contributed by atoms with Gasteiger partial charge in [-0.15, -0.1) is 10.2 Å². The van der Waals surface area contributed by atoms with Gasteiger partial charge in [0, 0.05) is 29.8 Å². The fourth-order valence-electron chi connectivity index (χ4n) is 3.75. The molecule has 0 amide bonds. The van der Waals surface area contributed by atoms with Crippen molar-refractivity contribution in [3.8, 4) is 11.3 Å². The van der Waals surface area contributed by atoms with Gasteiger partial charge in [-0.25, -0.2) is 4.98 Å². The van der Waals surface area contributed by atoms with E-state index in [-0.39, 0.29) is 0 Å². The number of aromatic nitrogens is 8. The second-order valence-electron chi connectivity index (χ2n) is 7.59. The Morgan fingerprint density at radius 3 is 2.69 bits per heavy atom. The van der Waals surface area contributed by atoms with E-state index in [1.807, 2.05) is 41.2 Å². The summed E-state index contributed by atoms with van der Waals surface area (Å²) in [6, 6.07) is 20.4. The molecular formula is C24H18N8. The lowest BCUT2D eigenvalue weighted by molar-refractivity contribution is 0.687. The topological polar surface area (TPSA) is 86.7 Å². The third-order valence-electron chi connectivity index (χ3n) is 5.34. The molecule has 0 atom stereocenters. The van der Waals surface area contributed by atoms with E-state index in [4.69, 9.17) is 5.10 Å². The summed E-state index contributed by atoms with van der Waals surface area (Å²) in [5.41, 5.74) is 4.89. The highest BCUT2D eigenvalue weighted by Gasteiger charge is 2.12. The monoisotopic (exact) mass is 418 g/mol. The van der Waals surface area contributed by atoms with Crippen LogP contribution < -0.4 is 0 Å². The standard InChI is InChI=1S/C24H18N8/c1-2-5-17(6-3-1)15-31-16-20(13-27-31)22-14-26-24-29-28-23(32(24)30-22)12-18-8-9-21-19(11-18)7-4-10-25-21/h1-11,13-14,16H,12,15H2. The number of hydrogen-bond acceptors (Lipinski definition) is 6. The van der Waals surface area contributed by atoms with E-state index >= 15 is 0 Å². The zero-order valence-electron chi connectivity index (χ0n) is 17.1. The number of fused-ring (bicyclic) bond motifs is 2. The Balaban J connectivity index is 1.30. The molecule has 154 valence electrons. The Kier molecular flexibility index (Phi) is 4.39. The van der Waals surface area contributed by atoms with Gasteiger partial charge in [0.15, 0.2) is 5.82 Å². The minimum atomic E-state index is 0.475. The number of pyridine rings is 1. The first-order chi connectivity index (χ1) is 15.8. The van der Waals surface area contributed by atoms with Crippen molar-refractivity contribution < 1.29 is 0 Å². The van der Waals surface area contributed by atoms with E-state index in [0.29, 0.717) is 18.7 Å². The van der Waals surface area contributed by atoms with Gasteiger partial charge in [-0.1, -0.05) is 42.5 Å². The number of nitrogens with zero attached hydrogens (tertiary/aromatic N) is 8. The van der Waals surface area contributed by atoms with E-state index in [1.165, 1.54) is 5.56 Å². The molecule has 8 nitrogen and oxygen atoms in total. The lowest BCUT2D eigenvalue weighted by Crippen LogP contribution is -2.03. The van der Waals surface area contributed by atoms with Crippen LogP contribution >= 0.6 is 0 Å². The average molecular weight is 418 g/mol. The fourth-order valence-corrected chi connectivity index (χ4v) is 3.75. The SMILES string of the molecule is c1ccc(Cn2cc(-c3cnc4nnc(Cc5ccc6ncccc6c5)n4n3)cn2)cc1. The Hall–Kier alpha value is -4.46. The summed E-state index contributed by atoms with van der Waals surface area (Å²) in [5.74, 6) is 1.21. The molecule has 0 aliphatic carbocycles. The quantitative estimate of drug-likeness (QED) is 0.425. The van der Waals surface area contributed by atoms with Gasteiger partial charge in [0.2, 0.25) is 0 Å². The van der Waals surface area contributed by atoms with Crippen molar-refractivity contribution in [2.24, 2.45) is 0 Å². The van der Waals surface area contributed by atoms with Gasteiger partial charge in [0.1, 0.15) is 5.69 Å². The summed E-state index contributed by atoms with van der Waals surface area (Å²) in [6.07, 6.45) is 7.88. The maximum Gasteiger partial charge on any atom is 0.271 e. The van der Waals surface area contributed by atoms with Crippen LogP contribution in [-0.4, -0.2) is 39.6 Å². The van der Waals surface area contributed by atoms with Crippen LogP contribution in [0.1, 0.15) is 17.0 Å². The Morgan fingerprint density at radius 2 is 1.75 bits per heavy atom. The van der Waals surface area contributed by atoms with Crippen LogP contribution in [0.15, 0.2) is 85.5 Å². The van der Waals surface area contributed by atoms with Crippen molar-refractivity contribution in [3.05, 3.63) is 102 Å². The van der Waals surface area contributed by atoms with Crippen molar-refractivity contribution in [2.75, 3.05) is 0 Å². The lowest BCUT2D eigenvalue weighted by atomic mass is 10.1. The number of hydrogen-bond donors (Lipinski definition) is 0. The van der Waals surface area contributed by atoms with E-state index in [0.717, 1.165) is 33.5 Å². The molecule has 0 aliphatic rings. The van der Waals surface area contributed by atoms with E-state index in [2.05, 4.69) is 55.6 Å². The molecule has 2 aromatic carbocycles. The molecule has 8 heteroatoms. The summed E-state index contributed by atoms with van der Waals surface area (Å²) in [4.78, 5) is 8.82. The van der Waals surface area contributed by atoms with Crippen LogP contribution in [0.25, 0.3) is 27.9 Å². The van der Waals surface area contributed by atoms with Crippen LogP contribution in [0.4, 0.5) is 0 Å². The molecule has 4 heterocycles. The van der Waals surface area contributed by atoms with Crippen molar-refractivity contribution in [2.45, 2.75) is 13.0 Å². The van der Waals surface area contributed by atoms with Crippen molar-refractivity contribution in [1.29, 1.82) is 0 Å². The first-order valence-corrected chi connectivity index (χ1v) is 10.3. The molecule has 0 N–H and O–H groups in total. The Labute approximate surface area is 183 Å². The van der Waals surface area contributed by atoms with Gasteiger partial charge in [-0.2, -0.15) is 14.7 Å². The Bertz CT molecular complexity index is 1530. The predicted molar refractivity (Wildman–Crippen MR) is 120 cm³/mol. The molecule has 0 unspecified atom stereocenters. The lowest BCUT2D eigenvalue weighted by Gasteiger charge is -2.03. The summed E-state index contributed by atoms with van der Waals surface area (Å²) in [7, 11) is 0. The van der Waals surface area contributed by atoms with Gasteiger partial charge in [0.05, 0.1) is 24.5 Å². The van der Waals surface area contributed by atoms with E-state index in [1.54, 1.807) is 23.1 Å². The number of benzene rings is 2. The minimum Gasteiger partial charge on any atom is -0.268 e. The average Bonchev–Trinajstić information content (AvgIpc) is 3.46. The minimum absolute atomic E-state index is 0.475. The summed E-state index contributed by atoms with van der Waals surface area (Å²) < 4.78 is 3.60. The smallest absolute Gasteiger partial charge is 0.268 e. The zero-order valence-corrected chi connectivity index (χ0v) is 17.1. The normalized spacial score (nSPS) is 11.4. The van der Waals surface area contributed by atoms with Crippen LogP contribution in [0.2, 0.25) is 0 Å². The Morgan fingerprint density at radius 1 is 0.812 bits per heavy atom. The number of rotatable bonds is 5. The molecule has 4 aromatic heterocycles. The molecule has 0 saturated heterocycles. The van der Waals surface area contributed by atoms with Gasteiger partial charge >= 0.3 is 0 Å². The van der Waals surface area contributed by atoms with Crippen molar-refractivity contribution in [3.63, 3.8) is 0 Å². The first-order valence-electron chi connectivity index (χ1n) is 10.3. The molecule has 6 aromatic rings. The van der Waals surface area contributed by atoms with E-state index < -0.39 is 0 Å². The predicted octanol–water partition coefficient (Wildman–Crippen LogP) is 3.57. The second-order valence-corrected chi connectivity index (χ2v) is 7.59. The second kappa shape index (κ2) is 7.66. The molecule has 0 spiro atoms. The molecule has 0 fully saturated rings. The van der Waals surface area contributed by atoms with Gasteiger partial charge in [0.25, 0.3) is 5.78 Å². The first kappa shape index (κ1) is 18.3. The molecule has 0 aliphatic heterocycles.